The smallest absolute Gasteiger partial charge is 0.170 e. The normalized spacial score (nSPS) is 38.1. The first kappa shape index (κ1) is 14.2. The molecular weight excluding hydrogens is 289 g/mol. The number of fused-ring (bicyclic) bond motifs is 2. The van der Waals surface area contributed by atoms with Crippen molar-refractivity contribution in [1.29, 1.82) is 0 Å². The maximum absolute atomic E-state index is 14.0. The summed E-state index contributed by atoms with van der Waals surface area (Å²) >= 11 is 3.20. The summed E-state index contributed by atoms with van der Waals surface area (Å²) in [7, 11) is 0. The molecule has 0 N–H and O–H groups in total. The molecule has 0 amide bonds. The van der Waals surface area contributed by atoms with E-state index in [9.17, 15) is 13.2 Å². The summed E-state index contributed by atoms with van der Waals surface area (Å²) in [5.74, 6) is 1.50. The van der Waals surface area contributed by atoms with Gasteiger partial charge in [0.1, 0.15) is 0 Å². The van der Waals surface area contributed by atoms with E-state index >= 15 is 0 Å². The van der Waals surface area contributed by atoms with E-state index in [-0.39, 0.29) is 5.92 Å². The third kappa shape index (κ3) is 1.83. The molecule has 2 aliphatic carbocycles. The minimum absolute atomic E-state index is 0.278. The molecule has 0 bridgehead atoms. The molecule has 2 fully saturated rings. The molecule has 1 saturated carbocycles. The van der Waals surface area contributed by atoms with Gasteiger partial charge in [-0.1, -0.05) is 11.6 Å². The molecular formula is C14H19F3S2. The van der Waals surface area contributed by atoms with Crippen LogP contribution < -0.4 is 0 Å². The van der Waals surface area contributed by atoms with Crippen LogP contribution >= 0.6 is 23.5 Å². The molecule has 1 heterocycles. The Morgan fingerprint density at radius 2 is 1.89 bits per heavy atom. The summed E-state index contributed by atoms with van der Waals surface area (Å²) < 4.78 is 41.5. The second-order valence-corrected chi connectivity index (χ2v) is 8.90. The van der Waals surface area contributed by atoms with Gasteiger partial charge < -0.3 is 0 Å². The number of rotatable bonds is 0. The molecule has 0 aromatic rings. The third-order valence-corrected chi connectivity index (χ3v) is 8.82. The SMILES string of the molecule is CC1=CCC[C@@]2(C(F)(F)F)[C@H]1CCC21SCCCS1. The Bertz CT molecular complexity index is 396. The van der Waals surface area contributed by atoms with Gasteiger partial charge in [0, 0.05) is 0 Å². The van der Waals surface area contributed by atoms with Crippen LogP contribution in [0, 0.1) is 11.3 Å². The fraction of sp³-hybridized carbons (Fsp3) is 0.857. The highest BCUT2D eigenvalue weighted by atomic mass is 32.2. The zero-order valence-corrected chi connectivity index (χ0v) is 12.7. The molecule has 5 heteroatoms. The monoisotopic (exact) mass is 308 g/mol. The van der Waals surface area contributed by atoms with Gasteiger partial charge in [0.15, 0.2) is 0 Å². The lowest BCUT2D eigenvalue weighted by atomic mass is 9.67. The first-order valence-corrected chi connectivity index (χ1v) is 8.91. The van der Waals surface area contributed by atoms with Crippen LogP contribution in [0.15, 0.2) is 11.6 Å². The van der Waals surface area contributed by atoms with E-state index in [1.165, 1.54) is 0 Å². The van der Waals surface area contributed by atoms with Crippen molar-refractivity contribution in [2.24, 2.45) is 11.3 Å². The Balaban J connectivity index is 2.10. The Morgan fingerprint density at radius 3 is 2.53 bits per heavy atom. The van der Waals surface area contributed by atoms with Gasteiger partial charge in [-0.2, -0.15) is 13.2 Å². The van der Waals surface area contributed by atoms with Crippen molar-refractivity contribution in [3.8, 4) is 0 Å². The maximum Gasteiger partial charge on any atom is 0.397 e. The van der Waals surface area contributed by atoms with Crippen molar-refractivity contribution in [2.75, 3.05) is 11.5 Å². The van der Waals surface area contributed by atoms with Gasteiger partial charge in [0.05, 0.1) is 9.49 Å². The van der Waals surface area contributed by atoms with Crippen LogP contribution in [0.3, 0.4) is 0 Å². The summed E-state index contributed by atoms with van der Waals surface area (Å²) in [6.07, 6.45) is 1.31. The van der Waals surface area contributed by atoms with Crippen LogP contribution in [0.1, 0.15) is 39.0 Å². The number of thioether (sulfide) groups is 2. The Labute approximate surface area is 121 Å². The Kier molecular flexibility index (Phi) is 3.45. The van der Waals surface area contributed by atoms with E-state index in [2.05, 4.69) is 0 Å². The van der Waals surface area contributed by atoms with Crippen molar-refractivity contribution in [2.45, 2.75) is 49.3 Å². The maximum atomic E-state index is 14.0. The molecule has 3 rings (SSSR count). The summed E-state index contributed by atoms with van der Waals surface area (Å²) in [6, 6.07) is 0. The van der Waals surface area contributed by atoms with Crippen molar-refractivity contribution in [3.63, 3.8) is 0 Å². The predicted molar refractivity (Wildman–Crippen MR) is 76.5 cm³/mol. The van der Waals surface area contributed by atoms with Gasteiger partial charge >= 0.3 is 6.18 Å². The molecule has 1 aliphatic heterocycles. The summed E-state index contributed by atoms with van der Waals surface area (Å²) in [4.78, 5) is 0. The minimum Gasteiger partial charge on any atom is -0.170 e. The molecule has 3 aliphatic rings. The second kappa shape index (κ2) is 4.62. The molecule has 1 spiro atoms. The van der Waals surface area contributed by atoms with Gasteiger partial charge in [0.2, 0.25) is 0 Å². The fourth-order valence-corrected chi connectivity index (χ4v) is 8.26. The third-order valence-electron chi connectivity index (χ3n) is 5.06. The highest BCUT2D eigenvalue weighted by Gasteiger charge is 2.73. The van der Waals surface area contributed by atoms with Gasteiger partial charge in [-0.05, 0) is 56.5 Å². The average Bonchev–Trinajstić information content (AvgIpc) is 2.67. The van der Waals surface area contributed by atoms with E-state index in [0.29, 0.717) is 19.3 Å². The molecule has 0 unspecified atom stereocenters. The van der Waals surface area contributed by atoms with Crippen LogP contribution in [0.2, 0.25) is 0 Å². The average molecular weight is 308 g/mol. The zero-order chi connectivity index (χ0) is 13.7. The van der Waals surface area contributed by atoms with Gasteiger partial charge in [0.25, 0.3) is 0 Å². The molecule has 19 heavy (non-hydrogen) atoms. The second-order valence-electron chi connectivity index (χ2n) is 5.85. The molecule has 108 valence electrons. The first-order chi connectivity index (χ1) is 8.93. The lowest BCUT2D eigenvalue weighted by molar-refractivity contribution is -0.237. The van der Waals surface area contributed by atoms with Gasteiger partial charge in [-0.3, -0.25) is 0 Å². The van der Waals surface area contributed by atoms with Crippen LogP contribution in [-0.2, 0) is 0 Å². The van der Waals surface area contributed by atoms with Crippen molar-refractivity contribution < 1.29 is 13.2 Å². The van der Waals surface area contributed by atoms with Crippen molar-refractivity contribution in [1.82, 2.24) is 0 Å². The lowest BCUT2D eigenvalue weighted by Gasteiger charge is -2.52. The Hall–Kier alpha value is 0.230. The molecule has 0 aromatic carbocycles. The fourth-order valence-electron chi connectivity index (χ4n) is 4.25. The number of hydrogen-bond donors (Lipinski definition) is 0. The van der Waals surface area contributed by atoms with E-state index in [0.717, 1.165) is 29.9 Å². The lowest BCUT2D eigenvalue weighted by Crippen LogP contribution is -2.55. The highest BCUT2D eigenvalue weighted by molar-refractivity contribution is 8.18. The largest absolute Gasteiger partial charge is 0.397 e. The number of hydrogen-bond acceptors (Lipinski definition) is 2. The highest BCUT2D eigenvalue weighted by Crippen LogP contribution is 2.73. The van der Waals surface area contributed by atoms with Crippen molar-refractivity contribution >= 4 is 23.5 Å². The molecule has 0 aromatic heterocycles. The van der Waals surface area contributed by atoms with E-state index in [1.54, 1.807) is 23.5 Å². The summed E-state index contributed by atoms with van der Waals surface area (Å²) in [5.41, 5.74) is -0.499. The van der Waals surface area contributed by atoms with Crippen LogP contribution in [0.5, 0.6) is 0 Å². The standard InChI is InChI=1S/C14H19F3S2/c1-10-4-2-6-12(14(15,16)17)11(10)5-7-13(12)18-8-3-9-19-13/h4,11H,2-3,5-9H2,1H3/t11-,12+/m0/s1. The van der Waals surface area contributed by atoms with E-state index in [4.69, 9.17) is 0 Å². The Morgan fingerprint density at radius 1 is 1.21 bits per heavy atom. The van der Waals surface area contributed by atoms with E-state index in [1.807, 2.05) is 13.0 Å². The molecule has 0 radical (unpaired) electrons. The topological polar surface area (TPSA) is 0 Å². The predicted octanol–water partition coefficient (Wildman–Crippen LogP) is 5.25. The van der Waals surface area contributed by atoms with Crippen LogP contribution in [0.4, 0.5) is 13.2 Å². The van der Waals surface area contributed by atoms with Gasteiger partial charge in [-0.15, -0.1) is 23.5 Å². The number of alkyl halides is 3. The zero-order valence-electron chi connectivity index (χ0n) is 11.1. The molecule has 2 atom stereocenters. The van der Waals surface area contributed by atoms with Crippen molar-refractivity contribution in [3.05, 3.63) is 11.6 Å². The quantitative estimate of drug-likeness (QED) is 0.560. The van der Waals surface area contributed by atoms with Crippen LogP contribution in [-0.4, -0.2) is 21.8 Å². The summed E-state index contributed by atoms with van der Waals surface area (Å²) in [5, 5.41) is 0. The first-order valence-electron chi connectivity index (χ1n) is 6.94. The van der Waals surface area contributed by atoms with E-state index < -0.39 is 15.7 Å². The van der Waals surface area contributed by atoms with Gasteiger partial charge in [-0.25, -0.2) is 0 Å². The molecule has 1 saturated heterocycles. The summed E-state index contributed by atoms with van der Waals surface area (Å²) in [6.45, 7) is 1.90. The molecule has 0 nitrogen and oxygen atoms in total. The minimum atomic E-state index is -4.08. The number of allylic oxidation sites excluding steroid dienone is 2. The number of halogens is 3. The van der Waals surface area contributed by atoms with Crippen LogP contribution in [0.25, 0.3) is 0 Å².